The Kier molecular flexibility index (Phi) is 4.70. The maximum Gasteiger partial charge on any atom is 0.330 e. The van der Waals surface area contributed by atoms with Crippen molar-refractivity contribution in [3.05, 3.63) is 35.7 Å². The maximum absolute atomic E-state index is 13.2. The number of halogens is 1. The summed E-state index contributed by atoms with van der Waals surface area (Å²) in [6.45, 7) is 0.0116. The summed E-state index contributed by atoms with van der Waals surface area (Å²) in [7, 11) is 0. The highest BCUT2D eigenvalue weighted by atomic mass is 19.1. The monoisotopic (exact) mass is 235 g/mol. The molecule has 1 N–H and O–H groups in total. The summed E-state index contributed by atoms with van der Waals surface area (Å²) < 4.78 is 17.8. The Labute approximate surface area is 97.6 Å². The van der Waals surface area contributed by atoms with Crippen molar-refractivity contribution in [2.45, 2.75) is 6.42 Å². The third-order valence-electron chi connectivity index (χ3n) is 1.84. The first kappa shape index (κ1) is 12.7. The molecule has 0 saturated heterocycles. The number of hydrogen-bond acceptors (Lipinski definition) is 4. The minimum absolute atomic E-state index is 0.0116. The van der Waals surface area contributed by atoms with Gasteiger partial charge in [0.05, 0.1) is 12.5 Å². The van der Waals surface area contributed by atoms with Crippen LogP contribution in [-0.2, 0) is 9.53 Å². The third kappa shape index (κ3) is 4.34. The fourth-order valence-corrected chi connectivity index (χ4v) is 1.05. The summed E-state index contributed by atoms with van der Waals surface area (Å²) >= 11 is 0. The Hall–Kier alpha value is -2.35. The zero-order valence-corrected chi connectivity index (χ0v) is 8.89. The summed E-state index contributed by atoms with van der Waals surface area (Å²) in [5.41, 5.74) is 0.167. The average Bonchev–Trinajstić information content (AvgIpc) is 2.28. The van der Waals surface area contributed by atoms with Crippen molar-refractivity contribution >= 4 is 12.0 Å². The molecule has 0 atom stereocenters. The fourth-order valence-electron chi connectivity index (χ4n) is 1.05. The lowest BCUT2D eigenvalue weighted by atomic mass is 10.2. The number of ether oxygens (including phenoxy) is 1. The van der Waals surface area contributed by atoms with Gasteiger partial charge in [-0.3, -0.25) is 0 Å². The summed E-state index contributed by atoms with van der Waals surface area (Å²) in [5.74, 6) is -1.46. The van der Waals surface area contributed by atoms with E-state index in [-0.39, 0.29) is 24.3 Å². The lowest BCUT2D eigenvalue weighted by Gasteiger charge is -1.98. The highest BCUT2D eigenvalue weighted by Crippen LogP contribution is 2.16. The molecule has 1 aromatic carbocycles. The SMILES string of the molecule is N#CCCOC(=O)/C=C/c1ccc(O)cc1F. The van der Waals surface area contributed by atoms with Crippen LogP contribution in [0.1, 0.15) is 12.0 Å². The van der Waals surface area contributed by atoms with Crippen molar-refractivity contribution in [3.8, 4) is 11.8 Å². The normalized spacial score (nSPS) is 10.1. The number of phenols is 1. The number of phenolic OH excluding ortho intramolecular Hbond substituents is 1. The topological polar surface area (TPSA) is 70.3 Å². The second kappa shape index (κ2) is 6.28. The zero-order chi connectivity index (χ0) is 12.7. The van der Waals surface area contributed by atoms with Crippen LogP contribution in [0.4, 0.5) is 4.39 Å². The number of rotatable bonds is 4. The molecule has 4 nitrogen and oxygen atoms in total. The molecule has 0 radical (unpaired) electrons. The van der Waals surface area contributed by atoms with Gasteiger partial charge in [-0.2, -0.15) is 5.26 Å². The third-order valence-corrected chi connectivity index (χ3v) is 1.84. The molecule has 0 heterocycles. The Morgan fingerprint density at radius 2 is 2.35 bits per heavy atom. The number of benzene rings is 1. The van der Waals surface area contributed by atoms with Gasteiger partial charge in [-0.25, -0.2) is 9.18 Å². The van der Waals surface area contributed by atoms with E-state index < -0.39 is 11.8 Å². The standard InChI is InChI=1S/C12H10FNO3/c13-11-8-10(15)4-2-9(11)3-5-12(16)17-7-1-6-14/h2-5,8,15H,1,7H2/b5-3+. The largest absolute Gasteiger partial charge is 0.508 e. The first-order valence-corrected chi connectivity index (χ1v) is 4.84. The van der Waals surface area contributed by atoms with Crippen LogP contribution in [0.15, 0.2) is 24.3 Å². The van der Waals surface area contributed by atoms with E-state index in [1.54, 1.807) is 0 Å². The van der Waals surface area contributed by atoms with E-state index in [2.05, 4.69) is 4.74 Å². The molecule has 1 aromatic rings. The molecular formula is C12H10FNO3. The molecule has 0 saturated carbocycles. The van der Waals surface area contributed by atoms with Crippen LogP contribution in [0.2, 0.25) is 0 Å². The number of carbonyl (C=O) groups is 1. The molecule has 1 rings (SSSR count). The Bertz CT molecular complexity index is 477. The quantitative estimate of drug-likeness (QED) is 0.492. The minimum atomic E-state index is -0.646. The van der Waals surface area contributed by atoms with E-state index >= 15 is 0 Å². The van der Waals surface area contributed by atoms with E-state index in [0.29, 0.717) is 0 Å². The second-order valence-electron chi connectivity index (χ2n) is 3.11. The Morgan fingerprint density at radius 1 is 1.59 bits per heavy atom. The number of nitriles is 1. The molecule has 17 heavy (non-hydrogen) atoms. The molecule has 0 bridgehead atoms. The second-order valence-corrected chi connectivity index (χ2v) is 3.11. The number of carbonyl (C=O) groups excluding carboxylic acids is 1. The molecule has 0 unspecified atom stereocenters. The van der Waals surface area contributed by atoms with Gasteiger partial charge in [-0.05, 0) is 18.2 Å². The molecule has 88 valence electrons. The van der Waals surface area contributed by atoms with Crippen molar-refractivity contribution in [2.24, 2.45) is 0 Å². The van der Waals surface area contributed by atoms with Gasteiger partial charge in [-0.15, -0.1) is 0 Å². The summed E-state index contributed by atoms with van der Waals surface area (Å²) in [5, 5.41) is 17.2. The lowest BCUT2D eigenvalue weighted by Crippen LogP contribution is -2.01. The van der Waals surface area contributed by atoms with Crippen molar-refractivity contribution in [1.82, 2.24) is 0 Å². The van der Waals surface area contributed by atoms with E-state index in [9.17, 15) is 9.18 Å². The summed E-state index contributed by atoms with van der Waals surface area (Å²) in [6.07, 6.45) is 2.42. The maximum atomic E-state index is 13.2. The van der Waals surface area contributed by atoms with Gasteiger partial charge in [-0.1, -0.05) is 0 Å². The molecule has 0 aromatic heterocycles. The van der Waals surface area contributed by atoms with Crippen molar-refractivity contribution in [3.63, 3.8) is 0 Å². The average molecular weight is 235 g/mol. The van der Waals surface area contributed by atoms with E-state index in [1.165, 1.54) is 18.2 Å². The highest BCUT2D eigenvalue weighted by Gasteiger charge is 2.01. The predicted octanol–water partition coefficient (Wildman–Crippen LogP) is 2.00. The molecule has 0 aliphatic carbocycles. The first-order valence-electron chi connectivity index (χ1n) is 4.84. The molecule has 0 aliphatic rings. The fraction of sp³-hybridized carbons (Fsp3) is 0.167. The molecule has 0 spiro atoms. The molecule has 0 amide bonds. The van der Waals surface area contributed by atoms with Crippen LogP contribution in [0, 0.1) is 17.1 Å². The smallest absolute Gasteiger partial charge is 0.330 e. The number of aromatic hydroxyl groups is 1. The number of hydrogen-bond donors (Lipinski definition) is 1. The van der Waals surface area contributed by atoms with Crippen LogP contribution in [0.5, 0.6) is 5.75 Å². The van der Waals surface area contributed by atoms with E-state index in [1.807, 2.05) is 6.07 Å². The van der Waals surface area contributed by atoms with Gasteiger partial charge < -0.3 is 9.84 Å². The van der Waals surface area contributed by atoms with E-state index in [0.717, 1.165) is 12.1 Å². The molecule has 5 heteroatoms. The van der Waals surface area contributed by atoms with Crippen molar-refractivity contribution in [2.75, 3.05) is 6.61 Å². The van der Waals surface area contributed by atoms with Crippen LogP contribution in [-0.4, -0.2) is 17.7 Å². The van der Waals surface area contributed by atoms with Crippen molar-refractivity contribution in [1.29, 1.82) is 5.26 Å². The van der Waals surface area contributed by atoms with Gasteiger partial charge in [0.1, 0.15) is 18.2 Å². The van der Waals surface area contributed by atoms with Gasteiger partial charge in [0.15, 0.2) is 0 Å². The first-order chi connectivity index (χ1) is 8.13. The van der Waals surface area contributed by atoms with Gasteiger partial charge in [0.2, 0.25) is 0 Å². The zero-order valence-electron chi connectivity index (χ0n) is 8.89. The van der Waals surface area contributed by atoms with Crippen molar-refractivity contribution < 1.29 is 19.0 Å². The van der Waals surface area contributed by atoms with Crippen LogP contribution >= 0.6 is 0 Å². The van der Waals surface area contributed by atoms with E-state index in [4.69, 9.17) is 10.4 Å². The molecule has 0 fully saturated rings. The van der Waals surface area contributed by atoms with Crippen LogP contribution in [0.25, 0.3) is 6.08 Å². The lowest BCUT2D eigenvalue weighted by molar-refractivity contribution is -0.137. The van der Waals surface area contributed by atoms with Gasteiger partial charge in [0, 0.05) is 17.7 Å². The Balaban J connectivity index is 2.58. The van der Waals surface area contributed by atoms with Crippen LogP contribution in [0.3, 0.4) is 0 Å². The Morgan fingerprint density at radius 3 is 3.00 bits per heavy atom. The number of esters is 1. The minimum Gasteiger partial charge on any atom is -0.508 e. The number of nitrogens with zero attached hydrogens (tertiary/aromatic N) is 1. The van der Waals surface area contributed by atoms with Gasteiger partial charge in [0.25, 0.3) is 0 Å². The molecule has 0 aliphatic heterocycles. The highest BCUT2D eigenvalue weighted by molar-refractivity contribution is 5.87. The summed E-state index contributed by atoms with van der Waals surface area (Å²) in [6, 6.07) is 5.41. The molecular weight excluding hydrogens is 225 g/mol. The van der Waals surface area contributed by atoms with Crippen LogP contribution < -0.4 is 0 Å². The summed E-state index contributed by atoms with van der Waals surface area (Å²) in [4.78, 5) is 11.1. The van der Waals surface area contributed by atoms with Gasteiger partial charge >= 0.3 is 5.97 Å². The predicted molar refractivity (Wildman–Crippen MR) is 58.3 cm³/mol.